The molecule has 11 heteroatoms. The fourth-order valence-corrected chi connectivity index (χ4v) is 3.55. The molecule has 9 nitrogen and oxygen atoms in total. The van der Waals surface area contributed by atoms with Gasteiger partial charge in [-0.25, -0.2) is 4.98 Å². The number of hydrogen-bond acceptors (Lipinski definition) is 7. The fraction of sp³-hybridized carbons (Fsp3) is 0.211. The van der Waals surface area contributed by atoms with Crippen LogP contribution in [0.25, 0.3) is 11.0 Å². The molecule has 0 radical (unpaired) electrons. The summed E-state index contributed by atoms with van der Waals surface area (Å²) in [4.78, 5) is 41.7. The van der Waals surface area contributed by atoms with Gasteiger partial charge in [-0.2, -0.15) is 0 Å². The molecule has 0 saturated carbocycles. The van der Waals surface area contributed by atoms with Crippen molar-refractivity contribution in [3.8, 4) is 0 Å². The van der Waals surface area contributed by atoms with Gasteiger partial charge in [0.25, 0.3) is 11.6 Å². The van der Waals surface area contributed by atoms with Gasteiger partial charge in [0, 0.05) is 23.3 Å². The molecule has 1 heterocycles. The molecule has 0 aliphatic carbocycles. The van der Waals surface area contributed by atoms with Crippen LogP contribution in [0.5, 0.6) is 0 Å². The topological polar surface area (TPSA) is 127 Å². The number of halogens is 1. The second-order valence-electron chi connectivity index (χ2n) is 6.14. The third kappa shape index (κ3) is 5.94. The van der Waals surface area contributed by atoms with E-state index in [2.05, 4.69) is 15.3 Å². The third-order valence-corrected chi connectivity index (χ3v) is 5.12. The van der Waals surface area contributed by atoms with Crippen LogP contribution in [-0.2, 0) is 14.3 Å². The maximum Gasteiger partial charge on any atom is 0.306 e. The molecule has 3 rings (SSSR count). The van der Waals surface area contributed by atoms with Gasteiger partial charge < -0.3 is 15.0 Å². The van der Waals surface area contributed by atoms with Gasteiger partial charge in [-0.05, 0) is 30.7 Å². The maximum absolute atomic E-state index is 11.9. The van der Waals surface area contributed by atoms with Crippen LogP contribution in [-0.4, -0.2) is 39.1 Å². The van der Waals surface area contributed by atoms with E-state index in [1.807, 2.05) is 24.3 Å². The number of hydrogen-bond donors (Lipinski definition) is 2. The summed E-state index contributed by atoms with van der Waals surface area (Å²) < 4.78 is 4.92. The minimum atomic E-state index is -0.689. The standard InChI is InChI=1S/C19H17ClN4O5S/c20-12-7-8-16(24(27)28)15(10-12)21-17(25)11-29-18(26)6-3-9-30-19-22-13-4-1-2-5-14(13)23-19/h1-2,4-5,7-8,10H,3,6,9,11H2,(H,21,25)(H,22,23). The summed E-state index contributed by atoms with van der Waals surface area (Å²) in [5.74, 6) is -0.572. The molecule has 0 atom stereocenters. The van der Waals surface area contributed by atoms with Gasteiger partial charge in [0.05, 0.1) is 16.0 Å². The van der Waals surface area contributed by atoms with Gasteiger partial charge in [0.2, 0.25) is 0 Å². The molecule has 30 heavy (non-hydrogen) atoms. The number of anilines is 1. The number of H-pyrrole nitrogens is 1. The van der Waals surface area contributed by atoms with Crippen LogP contribution < -0.4 is 5.32 Å². The van der Waals surface area contributed by atoms with E-state index in [4.69, 9.17) is 16.3 Å². The van der Waals surface area contributed by atoms with Crippen molar-refractivity contribution >= 4 is 57.6 Å². The van der Waals surface area contributed by atoms with Crippen molar-refractivity contribution in [1.82, 2.24) is 9.97 Å². The number of thioether (sulfide) groups is 1. The zero-order valence-corrected chi connectivity index (χ0v) is 17.2. The van der Waals surface area contributed by atoms with Crippen LogP contribution in [0.15, 0.2) is 47.6 Å². The van der Waals surface area contributed by atoms with E-state index in [9.17, 15) is 19.7 Å². The van der Waals surface area contributed by atoms with Crippen LogP contribution in [0, 0.1) is 10.1 Å². The van der Waals surface area contributed by atoms with E-state index in [1.165, 1.54) is 30.0 Å². The molecule has 0 saturated heterocycles. The number of benzene rings is 2. The molecule has 0 unspecified atom stereocenters. The first-order valence-corrected chi connectivity index (χ1v) is 10.3. The van der Waals surface area contributed by atoms with Gasteiger partial charge in [0.15, 0.2) is 11.8 Å². The first-order valence-electron chi connectivity index (χ1n) is 8.89. The van der Waals surface area contributed by atoms with Crippen molar-refractivity contribution in [2.45, 2.75) is 18.0 Å². The lowest BCUT2D eigenvalue weighted by Gasteiger charge is -2.07. The molecular weight excluding hydrogens is 432 g/mol. The summed E-state index contributed by atoms with van der Waals surface area (Å²) in [7, 11) is 0. The molecular formula is C19H17ClN4O5S. The number of carbonyl (C=O) groups is 2. The largest absolute Gasteiger partial charge is 0.456 e. The summed E-state index contributed by atoms with van der Waals surface area (Å²) >= 11 is 7.29. The molecule has 0 aliphatic heterocycles. The number of nitro benzene ring substituents is 1. The highest BCUT2D eigenvalue weighted by Gasteiger charge is 2.17. The predicted octanol–water partition coefficient (Wildman–Crippen LogP) is 4.18. The number of nitrogens with zero attached hydrogens (tertiary/aromatic N) is 2. The summed E-state index contributed by atoms with van der Waals surface area (Å²) in [5.41, 5.74) is 1.47. The molecule has 0 fully saturated rings. The Morgan fingerprint density at radius 3 is 2.83 bits per heavy atom. The summed E-state index contributed by atoms with van der Waals surface area (Å²) in [6.07, 6.45) is 0.680. The highest BCUT2D eigenvalue weighted by atomic mass is 35.5. The second kappa shape index (κ2) is 10.1. The van der Waals surface area contributed by atoms with E-state index < -0.39 is 23.4 Å². The van der Waals surface area contributed by atoms with Crippen LogP contribution >= 0.6 is 23.4 Å². The first-order chi connectivity index (χ1) is 14.4. The van der Waals surface area contributed by atoms with Gasteiger partial charge in [0.1, 0.15) is 5.69 Å². The van der Waals surface area contributed by atoms with E-state index in [1.54, 1.807) is 0 Å². The molecule has 3 aromatic rings. The van der Waals surface area contributed by atoms with Crippen LogP contribution in [0.1, 0.15) is 12.8 Å². The van der Waals surface area contributed by atoms with Crippen molar-refractivity contribution in [3.63, 3.8) is 0 Å². The Morgan fingerprint density at radius 2 is 2.07 bits per heavy atom. The molecule has 2 aromatic carbocycles. The zero-order chi connectivity index (χ0) is 21.5. The normalized spacial score (nSPS) is 10.7. The van der Waals surface area contributed by atoms with Crippen molar-refractivity contribution in [2.24, 2.45) is 0 Å². The number of carbonyl (C=O) groups excluding carboxylic acids is 2. The third-order valence-electron chi connectivity index (χ3n) is 3.93. The van der Waals surface area contributed by atoms with Crippen molar-refractivity contribution < 1.29 is 19.2 Å². The van der Waals surface area contributed by atoms with E-state index in [0.29, 0.717) is 12.2 Å². The smallest absolute Gasteiger partial charge is 0.306 e. The van der Waals surface area contributed by atoms with E-state index >= 15 is 0 Å². The molecule has 0 spiro atoms. The minimum absolute atomic E-state index is 0.0595. The highest BCUT2D eigenvalue weighted by molar-refractivity contribution is 7.99. The summed E-state index contributed by atoms with van der Waals surface area (Å²) in [6.45, 7) is -0.542. The summed E-state index contributed by atoms with van der Waals surface area (Å²) in [5, 5.41) is 14.3. The van der Waals surface area contributed by atoms with Crippen molar-refractivity contribution in [2.75, 3.05) is 17.7 Å². The highest BCUT2D eigenvalue weighted by Crippen LogP contribution is 2.27. The Bertz CT molecular complexity index is 1050. The summed E-state index contributed by atoms with van der Waals surface area (Å²) in [6, 6.07) is 11.5. The predicted molar refractivity (Wildman–Crippen MR) is 114 cm³/mol. The molecule has 1 aromatic heterocycles. The lowest BCUT2D eigenvalue weighted by Crippen LogP contribution is -2.21. The Labute approximate surface area is 180 Å². The number of esters is 1. The lowest BCUT2D eigenvalue weighted by molar-refractivity contribution is -0.383. The number of ether oxygens (including phenoxy) is 1. The van der Waals surface area contributed by atoms with Crippen LogP contribution in [0.3, 0.4) is 0 Å². The van der Waals surface area contributed by atoms with Gasteiger partial charge >= 0.3 is 5.97 Å². The van der Waals surface area contributed by atoms with Gasteiger partial charge in [-0.1, -0.05) is 35.5 Å². The number of aromatic amines is 1. The average Bonchev–Trinajstić information content (AvgIpc) is 3.12. The van der Waals surface area contributed by atoms with E-state index in [0.717, 1.165) is 16.2 Å². The van der Waals surface area contributed by atoms with Crippen molar-refractivity contribution in [3.05, 3.63) is 57.6 Å². The number of amides is 1. The number of fused-ring (bicyclic) bond motifs is 1. The molecule has 2 N–H and O–H groups in total. The van der Waals surface area contributed by atoms with Gasteiger partial charge in [-0.15, -0.1) is 0 Å². The average molecular weight is 449 g/mol. The number of nitrogens with one attached hydrogen (secondary N) is 2. The maximum atomic E-state index is 11.9. The molecule has 1 amide bonds. The Balaban J connectivity index is 1.38. The van der Waals surface area contributed by atoms with Crippen molar-refractivity contribution in [1.29, 1.82) is 0 Å². The Hall–Kier alpha value is -3.11. The number of para-hydroxylation sites is 2. The first kappa shape index (κ1) is 21.6. The van der Waals surface area contributed by atoms with E-state index in [-0.39, 0.29) is 22.8 Å². The fourth-order valence-electron chi connectivity index (χ4n) is 2.56. The molecule has 156 valence electrons. The number of aromatic nitrogens is 2. The quantitative estimate of drug-likeness (QED) is 0.165. The lowest BCUT2D eigenvalue weighted by atomic mass is 10.2. The van der Waals surface area contributed by atoms with Crippen LogP contribution in [0.2, 0.25) is 5.02 Å². The molecule has 0 aliphatic rings. The Morgan fingerprint density at radius 1 is 1.27 bits per heavy atom. The molecule has 0 bridgehead atoms. The number of rotatable bonds is 9. The number of imidazole rings is 1. The second-order valence-corrected chi connectivity index (χ2v) is 7.66. The van der Waals surface area contributed by atoms with Gasteiger partial charge in [-0.3, -0.25) is 19.7 Å². The zero-order valence-electron chi connectivity index (χ0n) is 15.6. The van der Waals surface area contributed by atoms with Crippen LogP contribution in [0.4, 0.5) is 11.4 Å². The Kier molecular flexibility index (Phi) is 7.26. The minimum Gasteiger partial charge on any atom is -0.456 e. The number of nitro groups is 1. The SMILES string of the molecule is O=C(COC(=O)CCCSc1nc2ccccc2[nH]1)Nc1cc(Cl)ccc1[N+](=O)[O-]. The monoisotopic (exact) mass is 448 g/mol.